The highest BCUT2D eigenvalue weighted by molar-refractivity contribution is 9.09. The molecule has 0 aliphatic carbocycles. The molecule has 1 aliphatic rings. The Morgan fingerprint density at radius 2 is 2.50 bits per heavy atom. The average Bonchev–Trinajstić information content (AvgIpc) is 2.73. The van der Waals surface area contributed by atoms with Crippen LogP contribution in [0.2, 0.25) is 0 Å². The zero-order valence-corrected chi connectivity index (χ0v) is 11.0. The molecule has 14 heavy (non-hydrogen) atoms. The molecule has 3 heteroatoms. The summed E-state index contributed by atoms with van der Waals surface area (Å²) in [7, 11) is 0. The van der Waals surface area contributed by atoms with Gasteiger partial charge < -0.3 is 4.74 Å². The second-order valence-corrected chi connectivity index (χ2v) is 5.90. The maximum atomic E-state index is 6.06. The third kappa shape index (κ3) is 2.05. The molecule has 1 aromatic heterocycles. The Kier molecular flexibility index (Phi) is 3.01. The topological polar surface area (TPSA) is 9.23 Å². The molecule has 0 spiro atoms. The zero-order chi connectivity index (χ0) is 10.2. The van der Waals surface area contributed by atoms with Crippen LogP contribution in [0.15, 0.2) is 11.4 Å². The second kappa shape index (κ2) is 3.95. The van der Waals surface area contributed by atoms with Gasteiger partial charge in [-0.3, -0.25) is 0 Å². The molecule has 2 unspecified atom stereocenters. The summed E-state index contributed by atoms with van der Waals surface area (Å²) >= 11 is 5.32. The molecule has 0 N–H and O–H groups in total. The van der Waals surface area contributed by atoms with Gasteiger partial charge in [0.15, 0.2) is 0 Å². The monoisotopic (exact) mass is 274 g/mol. The Balaban J connectivity index is 2.09. The Hall–Kier alpha value is 0.140. The summed E-state index contributed by atoms with van der Waals surface area (Å²) in [5, 5.41) is 3.15. The van der Waals surface area contributed by atoms with Gasteiger partial charge in [0.05, 0.1) is 11.7 Å². The first-order valence-corrected chi connectivity index (χ1v) is 6.92. The largest absolute Gasteiger partial charge is 0.366 e. The molecule has 1 nitrogen and oxygen atoms in total. The van der Waals surface area contributed by atoms with Gasteiger partial charge in [-0.2, -0.15) is 0 Å². The van der Waals surface area contributed by atoms with Crippen molar-refractivity contribution in [3.63, 3.8) is 0 Å². The van der Waals surface area contributed by atoms with Gasteiger partial charge in [-0.25, -0.2) is 0 Å². The maximum absolute atomic E-state index is 6.06. The third-order valence-electron chi connectivity index (χ3n) is 2.77. The number of aryl methyl sites for hydroxylation is 1. The molecular formula is C11H15BrOS. The van der Waals surface area contributed by atoms with E-state index in [1.54, 1.807) is 0 Å². The Morgan fingerprint density at radius 3 is 3.00 bits per heavy atom. The van der Waals surface area contributed by atoms with E-state index in [9.17, 15) is 0 Å². The lowest BCUT2D eigenvalue weighted by Gasteiger charge is -2.21. The lowest BCUT2D eigenvalue weighted by atomic mass is 10.0. The molecule has 0 radical (unpaired) electrons. The molecule has 0 amide bonds. The fourth-order valence-corrected chi connectivity index (χ4v) is 3.02. The minimum Gasteiger partial charge on any atom is -0.366 e. The van der Waals surface area contributed by atoms with Crippen LogP contribution in [-0.2, 0) is 4.74 Å². The molecule has 1 fully saturated rings. The third-order valence-corrected chi connectivity index (χ3v) is 4.83. The minimum atomic E-state index is 0.0422. The van der Waals surface area contributed by atoms with Gasteiger partial charge in [-0.1, -0.05) is 15.9 Å². The van der Waals surface area contributed by atoms with Crippen molar-refractivity contribution in [2.75, 3.05) is 5.33 Å². The van der Waals surface area contributed by atoms with E-state index in [1.807, 2.05) is 11.3 Å². The van der Waals surface area contributed by atoms with Crippen LogP contribution in [0, 0.1) is 6.92 Å². The average molecular weight is 275 g/mol. The number of thiophene rings is 1. The van der Waals surface area contributed by atoms with Crippen molar-refractivity contribution in [2.45, 2.75) is 38.4 Å². The van der Waals surface area contributed by atoms with E-state index in [0.717, 1.165) is 18.2 Å². The lowest BCUT2D eigenvalue weighted by molar-refractivity contribution is -0.0119. The van der Waals surface area contributed by atoms with Crippen LogP contribution in [0.25, 0.3) is 0 Å². The van der Waals surface area contributed by atoms with E-state index >= 15 is 0 Å². The SMILES string of the molecule is Cc1cc(C2CCC(C)(CBr)O2)cs1. The van der Waals surface area contributed by atoms with E-state index in [-0.39, 0.29) is 5.60 Å². The van der Waals surface area contributed by atoms with Crippen molar-refractivity contribution >= 4 is 27.3 Å². The summed E-state index contributed by atoms with van der Waals surface area (Å²) in [5.41, 5.74) is 1.40. The fourth-order valence-electron chi connectivity index (χ4n) is 1.86. The van der Waals surface area contributed by atoms with Gasteiger partial charge in [0.1, 0.15) is 0 Å². The number of rotatable bonds is 2. The van der Waals surface area contributed by atoms with Crippen molar-refractivity contribution in [3.8, 4) is 0 Å². The highest BCUT2D eigenvalue weighted by Crippen LogP contribution is 2.41. The first-order chi connectivity index (χ1) is 6.63. The van der Waals surface area contributed by atoms with E-state index in [4.69, 9.17) is 4.74 Å². The summed E-state index contributed by atoms with van der Waals surface area (Å²) in [6.07, 6.45) is 2.62. The number of alkyl halides is 1. The minimum absolute atomic E-state index is 0.0422. The van der Waals surface area contributed by atoms with E-state index < -0.39 is 0 Å². The Labute approximate surface area is 97.6 Å². The predicted octanol–water partition coefficient (Wildman–Crippen LogP) is 4.06. The predicted molar refractivity (Wildman–Crippen MR) is 64.3 cm³/mol. The van der Waals surface area contributed by atoms with Crippen molar-refractivity contribution in [3.05, 3.63) is 21.9 Å². The van der Waals surface area contributed by atoms with Gasteiger partial charge in [-0.15, -0.1) is 11.3 Å². The number of halogens is 1. The van der Waals surface area contributed by atoms with Crippen LogP contribution in [0.3, 0.4) is 0 Å². The molecule has 1 aromatic rings. The van der Waals surface area contributed by atoms with Crippen molar-refractivity contribution in [1.82, 2.24) is 0 Å². The Morgan fingerprint density at radius 1 is 1.71 bits per heavy atom. The second-order valence-electron chi connectivity index (χ2n) is 4.22. The fraction of sp³-hybridized carbons (Fsp3) is 0.636. The molecule has 0 bridgehead atoms. The van der Waals surface area contributed by atoms with Crippen LogP contribution in [0.5, 0.6) is 0 Å². The summed E-state index contributed by atoms with van der Waals surface area (Å²) in [6, 6.07) is 2.25. The van der Waals surface area contributed by atoms with E-state index in [0.29, 0.717) is 6.10 Å². The summed E-state index contributed by atoms with van der Waals surface area (Å²) in [6.45, 7) is 4.33. The van der Waals surface area contributed by atoms with Gasteiger partial charge in [0, 0.05) is 10.2 Å². The first-order valence-electron chi connectivity index (χ1n) is 4.92. The highest BCUT2D eigenvalue weighted by Gasteiger charge is 2.35. The van der Waals surface area contributed by atoms with Crippen molar-refractivity contribution < 1.29 is 4.74 Å². The molecule has 0 aromatic carbocycles. The van der Waals surface area contributed by atoms with Crippen LogP contribution >= 0.6 is 27.3 Å². The smallest absolute Gasteiger partial charge is 0.0841 e. The summed E-state index contributed by atoms with van der Waals surface area (Å²) in [5.74, 6) is 0. The zero-order valence-electron chi connectivity index (χ0n) is 8.55. The van der Waals surface area contributed by atoms with E-state index in [1.165, 1.54) is 10.4 Å². The van der Waals surface area contributed by atoms with Crippen LogP contribution in [0.1, 0.15) is 36.3 Å². The summed E-state index contributed by atoms with van der Waals surface area (Å²) < 4.78 is 6.06. The molecule has 0 saturated carbocycles. The number of hydrogen-bond acceptors (Lipinski definition) is 2. The summed E-state index contributed by atoms with van der Waals surface area (Å²) in [4.78, 5) is 1.37. The van der Waals surface area contributed by atoms with Crippen molar-refractivity contribution in [1.29, 1.82) is 0 Å². The molecule has 1 saturated heterocycles. The van der Waals surface area contributed by atoms with Crippen molar-refractivity contribution in [2.24, 2.45) is 0 Å². The molecule has 2 rings (SSSR count). The van der Waals surface area contributed by atoms with Gasteiger partial charge in [-0.05, 0) is 43.7 Å². The number of hydrogen-bond donors (Lipinski definition) is 0. The normalized spacial score (nSPS) is 32.4. The van der Waals surface area contributed by atoms with Gasteiger partial charge in [0.25, 0.3) is 0 Å². The first kappa shape index (κ1) is 10.7. The maximum Gasteiger partial charge on any atom is 0.0841 e. The lowest BCUT2D eigenvalue weighted by Crippen LogP contribution is -2.24. The highest BCUT2D eigenvalue weighted by atomic mass is 79.9. The Bertz CT molecular complexity index is 323. The van der Waals surface area contributed by atoms with E-state index in [2.05, 4.69) is 41.2 Å². The molecule has 1 aliphatic heterocycles. The van der Waals surface area contributed by atoms with Crippen LogP contribution < -0.4 is 0 Å². The number of ether oxygens (including phenoxy) is 1. The quantitative estimate of drug-likeness (QED) is 0.739. The van der Waals surface area contributed by atoms with Crippen LogP contribution in [-0.4, -0.2) is 10.9 Å². The molecular weight excluding hydrogens is 260 g/mol. The molecule has 2 heterocycles. The van der Waals surface area contributed by atoms with Gasteiger partial charge in [0.2, 0.25) is 0 Å². The molecule has 78 valence electrons. The molecule has 2 atom stereocenters. The standard InChI is InChI=1S/C11H15BrOS/c1-8-5-9(6-14-8)10-3-4-11(2,7-12)13-10/h5-6,10H,3-4,7H2,1-2H3. The van der Waals surface area contributed by atoms with Gasteiger partial charge >= 0.3 is 0 Å². The van der Waals surface area contributed by atoms with Crippen LogP contribution in [0.4, 0.5) is 0 Å².